The van der Waals surface area contributed by atoms with Gasteiger partial charge in [-0.15, -0.1) is 0 Å². The summed E-state index contributed by atoms with van der Waals surface area (Å²) < 4.78 is 26.2. The smallest absolute Gasteiger partial charge is 0.472 e. The Bertz CT molecular complexity index is 932. The SMILES string of the molecule is CCCCC/C=C\C/C=C\C/C=C\C/C=C\CCCC(=O)NC(COP(=O)(O)OCC(O)COC(=O)CCCC)C(=O)O. The third-order valence-corrected chi connectivity index (χ3v) is 6.82. The number of hydrogen-bond donors (Lipinski definition) is 4. The summed E-state index contributed by atoms with van der Waals surface area (Å²) >= 11 is 0. The number of aliphatic carboxylic acids is 1. The first-order valence-electron chi connectivity index (χ1n) is 15.2. The van der Waals surface area contributed by atoms with Gasteiger partial charge in [-0.2, -0.15) is 0 Å². The van der Waals surface area contributed by atoms with Crippen LogP contribution in [0.2, 0.25) is 0 Å². The summed E-state index contributed by atoms with van der Waals surface area (Å²) in [6.07, 6.45) is 25.8. The molecule has 0 bridgehead atoms. The minimum absolute atomic E-state index is 0.0677. The number of rotatable bonds is 27. The highest BCUT2D eigenvalue weighted by molar-refractivity contribution is 7.47. The molecule has 0 heterocycles. The van der Waals surface area contributed by atoms with E-state index >= 15 is 0 Å². The van der Waals surface area contributed by atoms with Gasteiger partial charge in [0.1, 0.15) is 12.7 Å². The van der Waals surface area contributed by atoms with Crippen LogP contribution in [0.4, 0.5) is 0 Å². The van der Waals surface area contributed by atoms with Crippen LogP contribution in [-0.4, -0.2) is 64.9 Å². The van der Waals surface area contributed by atoms with Gasteiger partial charge in [0.2, 0.25) is 5.91 Å². The number of unbranched alkanes of at least 4 members (excludes halogenated alkanes) is 5. The number of carboxylic acids is 1. The number of phosphoric ester groups is 1. The largest absolute Gasteiger partial charge is 0.480 e. The van der Waals surface area contributed by atoms with Gasteiger partial charge in [-0.25, -0.2) is 9.36 Å². The number of carboxylic acid groups (broad SMARTS) is 1. The van der Waals surface area contributed by atoms with Crippen LogP contribution < -0.4 is 5.32 Å². The van der Waals surface area contributed by atoms with Crippen molar-refractivity contribution in [2.45, 2.75) is 109 Å². The van der Waals surface area contributed by atoms with Gasteiger partial charge in [0.05, 0.1) is 13.2 Å². The number of esters is 1. The standard InChI is InChI=1S/C31H52NO10P/c1-3-5-7-8-9-10-11-12-13-14-15-16-17-18-19-20-21-22-29(34)32-28(31(36)37)26-42-43(38,39)41-25-27(33)24-40-30(35)23-6-4-2/h9-10,12-13,15-16,18-19,27-28,33H,3-8,11,14,17,20-26H2,1-2H3,(H,32,34)(H,36,37)(H,38,39)/b10-9-,13-12-,16-15-,19-18-. The third kappa shape index (κ3) is 26.8. The fraction of sp³-hybridized carbons (Fsp3) is 0.645. The zero-order chi connectivity index (χ0) is 32.2. The van der Waals surface area contributed by atoms with E-state index in [0.717, 1.165) is 32.1 Å². The Labute approximate surface area is 256 Å². The van der Waals surface area contributed by atoms with Crippen LogP contribution in [0.3, 0.4) is 0 Å². The molecule has 0 spiro atoms. The number of amides is 1. The summed E-state index contributed by atoms with van der Waals surface area (Å²) in [6, 6.07) is -1.57. The highest BCUT2D eigenvalue weighted by atomic mass is 31.2. The molecule has 0 rings (SSSR count). The molecule has 12 heteroatoms. The van der Waals surface area contributed by atoms with E-state index in [9.17, 15) is 34.1 Å². The molecule has 3 unspecified atom stereocenters. The Hall–Kier alpha value is -2.56. The number of aliphatic hydroxyl groups is 1. The van der Waals surface area contributed by atoms with Crippen molar-refractivity contribution >= 4 is 25.7 Å². The van der Waals surface area contributed by atoms with Gasteiger partial charge >= 0.3 is 19.8 Å². The van der Waals surface area contributed by atoms with Crippen LogP contribution in [0.15, 0.2) is 48.6 Å². The summed E-state index contributed by atoms with van der Waals surface area (Å²) in [5.74, 6) is -2.50. The van der Waals surface area contributed by atoms with Gasteiger partial charge in [0.25, 0.3) is 0 Å². The number of allylic oxidation sites excluding steroid dienone is 8. The normalized spacial score (nSPS) is 14.9. The van der Waals surface area contributed by atoms with Crippen molar-refractivity contribution in [3.05, 3.63) is 48.6 Å². The molecule has 0 radical (unpaired) electrons. The molecule has 0 saturated carbocycles. The van der Waals surface area contributed by atoms with Crippen LogP contribution in [-0.2, 0) is 32.7 Å². The van der Waals surface area contributed by atoms with E-state index in [1.807, 2.05) is 19.1 Å². The second-order valence-corrected chi connectivity index (χ2v) is 11.4. The van der Waals surface area contributed by atoms with Gasteiger partial charge in [0, 0.05) is 12.8 Å². The first-order valence-corrected chi connectivity index (χ1v) is 16.7. The number of carbonyl (C=O) groups is 3. The highest BCUT2D eigenvalue weighted by Crippen LogP contribution is 2.43. The monoisotopic (exact) mass is 629 g/mol. The quantitative estimate of drug-likeness (QED) is 0.0370. The lowest BCUT2D eigenvalue weighted by Crippen LogP contribution is -2.43. The molecule has 4 N–H and O–H groups in total. The molecular formula is C31H52NO10P. The second kappa shape index (κ2) is 27.0. The summed E-state index contributed by atoms with van der Waals surface area (Å²) in [4.78, 5) is 44.8. The van der Waals surface area contributed by atoms with E-state index in [-0.39, 0.29) is 12.8 Å². The number of nitrogens with one attached hydrogen (secondary N) is 1. The molecule has 0 aromatic heterocycles. The molecule has 3 atom stereocenters. The van der Waals surface area contributed by atoms with E-state index in [0.29, 0.717) is 19.3 Å². The molecule has 0 aliphatic heterocycles. The maximum atomic E-state index is 12.1. The van der Waals surface area contributed by atoms with Gasteiger partial charge in [-0.1, -0.05) is 81.7 Å². The highest BCUT2D eigenvalue weighted by Gasteiger charge is 2.28. The first-order chi connectivity index (χ1) is 20.6. The Morgan fingerprint density at radius 3 is 1.84 bits per heavy atom. The second-order valence-electron chi connectivity index (χ2n) is 9.94. The predicted octanol–water partition coefficient (Wildman–Crippen LogP) is 5.93. The summed E-state index contributed by atoms with van der Waals surface area (Å²) in [5, 5.41) is 21.3. The first kappa shape index (κ1) is 40.4. The molecule has 11 nitrogen and oxygen atoms in total. The average Bonchev–Trinajstić information content (AvgIpc) is 2.97. The van der Waals surface area contributed by atoms with Crippen LogP contribution in [0.25, 0.3) is 0 Å². The summed E-state index contributed by atoms with van der Waals surface area (Å²) in [7, 11) is -4.74. The molecule has 0 fully saturated rings. The fourth-order valence-corrected chi connectivity index (χ4v) is 4.17. The van der Waals surface area contributed by atoms with Crippen LogP contribution >= 0.6 is 7.82 Å². The van der Waals surface area contributed by atoms with E-state index in [4.69, 9.17) is 4.74 Å². The van der Waals surface area contributed by atoms with Crippen molar-refractivity contribution in [1.29, 1.82) is 0 Å². The molecular weight excluding hydrogens is 577 g/mol. The molecule has 0 aromatic rings. The van der Waals surface area contributed by atoms with Crippen molar-refractivity contribution < 1.29 is 47.8 Å². The van der Waals surface area contributed by atoms with Crippen LogP contribution in [0.5, 0.6) is 0 Å². The molecule has 0 saturated heterocycles. The lowest BCUT2D eigenvalue weighted by Gasteiger charge is -2.18. The van der Waals surface area contributed by atoms with Gasteiger partial charge in [-0.05, 0) is 51.4 Å². The number of hydrogen-bond acceptors (Lipinski definition) is 8. The maximum absolute atomic E-state index is 12.1. The Balaban J connectivity index is 4.14. The lowest BCUT2D eigenvalue weighted by molar-refractivity contribution is -0.147. The molecule has 246 valence electrons. The topological polar surface area (TPSA) is 169 Å². The number of ether oxygens (including phenoxy) is 1. The third-order valence-electron chi connectivity index (χ3n) is 5.87. The van der Waals surface area contributed by atoms with Crippen molar-refractivity contribution in [1.82, 2.24) is 5.32 Å². The maximum Gasteiger partial charge on any atom is 0.472 e. The van der Waals surface area contributed by atoms with Gasteiger partial charge in [0.15, 0.2) is 6.04 Å². The average molecular weight is 630 g/mol. The molecule has 0 aliphatic carbocycles. The number of carbonyl (C=O) groups excluding carboxylic acids is 2. The van der Waals surface area contributed by atoms with E-state index in [1.165, 1.54) is 19.3 Å². The molecule has 1 amide bonds. The van der Waals surface area contributed by atoms with E-state index in [1.54, 1.807) is 0 Å². The Morgan fingerprint density at radius 2 is 1.28 bits per heavy atom. The Kier molecular flexibility index (Phi) is 25.4. The van der Waals surface area contributed by atoms with Crippen molar-refractivity contribution in [3.8, 4) is 0 Å². The Morgan fingerprint density at radius 1 is 0.744 bits per heavy atom. The zero-order valence-electron chi connectivity index (χ0n) is 25.7. The zero-order valence-corrected chi connectivity index (χ0v) is 26.6. The van der Waals surface area contributed by atoms with Gasteiger partial charge < -0.3 is 25.2 Å². The predicted molar refractivity (Wildman–Crippen MR) is 166 cm³/mol. The molecule has 43 heavy (non-hydrogen) atoms. The minimum Gasteiger partial charge on any atom is -0.480 e. The minimum atomic E-state index is -4.74. The van der Waals surface area contributed by atoms with Crippen LogP contribution in [0, 0.1) is 0 Å². The fourth-order valence-electron chi connectivity index (χ4n) is 3.40. The molecule has 0 aliphatic rings. The lowest BCUT2D eigenvalue weighted by atomic mass is 10.2. The van der Waals surface area contributed by atoms with Crippen molar-refractivity contribution in [2.75, 3.05) is 19.8 Å². The number of aliphatic hydroxyl groups excluding tert-OH is 1. The summed E-state index contributed by atoms with van der Waals surface area (Å²) in [6.45, 7) is 2.17. The van der Waals surface area contributed by atoms with E-state index in [2.05, 4.69) is 57.7 Å². The van der Waals surface area contributed by atoms with Crippen molar-refractivity contribution in [2.24, 2.45) is 0 Å². The van der Waals surface area contributed by atoms with Gasteiger partial charge in [-0.3, -0.25) is 18.6 Å². The van der Waals surface area contributed by atoms with Crippen molar-refractivity contribution in [3.63, 3.8) is 0 Å². The molecule has 0 aromatic carbocycles. The van der Waals surface area contributed by atoms with Crippen LogP contribution in [0.1, 0.15) is 97.3 Å². The summed E-state index contributed by atoms with van der Waals surface area (Å²) in [5.41, 5.74) is 0. The van der Waals surface area contributed by atoms with E-state index < -0.39 is 57.6 Å². The number of phosphoric acid groups is 1.